The highest BCUT2D eigenvalue weighted by molar-refractivity contribution is 6.35. The van der Waals surface area contributed by atoms with Crippen molar-refractivity contribution in [2.24, 2.45) is 0 Å². The van der Waals surface area contributed by atoms with Gasteiger partial charge in [0.15, 0.2) is 0 Å². The molecule has 0 aliphatic heterocycles. The van der Waals surface area contributed by atoms with E-state index in [0.717, 1.165) is 5.56 Å². The number of benzene rings is 2. The van der Waals surface area contributed by atoms with Crippen LogP contribution in [0.1, 0.15) is 18.6 Å². The molecule has 0 radical (unpaired) electrons. The first kappa shape index (κ1) is 13.2. The monoisotopic (exact) mass is 282 g/mol. The van der Waals surface area contributed by atoms with Crippen LogP contribution in [-0.2, 0) is 0 Å². The van der Waals surface area contributed by atoms with Gasteiger partial charge in [-0.15, -0.1) is 0 Å². The fourth-order valence-corrected chi connectivity index (χ4v) is 1.95. The standard InChI is InChI=1S/C14H12Cl2O2/c1-9(17)10-2-5-12(6-3-10)18-14-7-4-11(15)8-13(14)16/h2-9,17H,1H3/t9-/m0/s1. The molecule has 0 fully saturated rings. The summed E-state index contributed by atoms with van der Waals surface area (Å²) in [4.78, 5) is 0. The minimum Gasteiger partial charge on any atom is -0.456 e. The van der Waals surface area contributed by atoms with E-state index in [9.17, 15) is 5.11 Å². The summed E-state index contributed by atoms with van der Waals surface area (Å²) in [6, 6.07) is 12.2. The summed E-state index contributed by atoms with van der Waals surface area (Å²) in [5.74, 6) is 1.20. The molecule has 1 atom stereocenters. The van der Waals surface area contributed by atoms with Crippen molar-refractivity contribution in [3.05, 3.63) is 58.1 Å². The van der Waals surface area contributed by atoms with Crippen LogP contribution in [0.5, 0.6) is 11.5 Å². The van der Waals surface area contributed by atoms with Crippen LogP contribution < -0.4 is 4.74 Å². The molecule has 18 heavy (non-hydrogen) atoms. The predicted octanol–water partition coefficient (Wildman–Crippen LogP) is 4.84. The van der Waals surface area contributed by atoms with Crippen LogP contribution in [0, 0.1) is 0 Å². The van der Waals surface area contributed by atoms with Gasteiger partial charge >= 0.3 is 0 Å². The molecular weight excluding hydrogens is 271 g/mol. The number of halogens is 2. The molecule has 0 unspecified atom stereocenters. The van der Waals surface area contributed by atoms with E-state index in [1.54, 1.807) is 37.3 Å². The largest absolute Gasteiger partial charge is 0.456 e. The van der Waals surface area contributed by atoms with Crippen LogP contribution >= 0.6 is 23.2 Å². The van der Waals surface area contributed by atoms with Crippen LogP contribution in [-0.4, -0.2) is 5.11 Å². The van der Waals surface area contributed by atoms with Crippen molar-refractivity contribution in [1.29, 1.82) is 0 Å². The van der Waals surface area contributed by atoms with Crippen molar-refractivity contribution < 1.29 is 9.84 Å². The van der Waals surface area contributed by atoms with Gasteiger partial charge in [-0.3, -0.25) is 0 Å². The van der Waals surface area contributed by atoms with Gasteiger partial charge in [0.1, 0.15) is 11.5 Å². The summed E-state index contributed by atoms with van der Waals surface area (Å²) in [5, 5.41) is 10.4. The van der Waals surface area contributed by atoms with E-state index in [0.29, 0.717) is 21.5 Å². The molecule has 0 saturated carbocycles. The minimum atomic E-state index is -0.488. The SMILES string of the molecule is C[C@H](O)c1ccc(Oc2ccc(Cl)cc2Cl)cc1. The smallest absolute Gasteiger partial charge is 0.146 e. The number of aliphatic hydroxyl groups is 1. The van der Waals surface area contributed by atoms with Gasteiger partial charge in [0.25, 0.3) is 0 Å². The van der Waals surface area contributed by atoms with Crippen LogP contribution in [0.2, 0.25) is 10.0 Å². The topological polar surface area (TPSA) is 29.5 Å². The average molecular weight is 283 g/mol. The minimum absolute atomic E-state index is 0.460. The molecule has 0 spiro atoms. The van der Waals surface area contributed by atoms with Gasteiger partial charge in [-0.2, -0.15) is 0 Å². The van der Waals surface area contributed by atoms with Gasteiger partial charge in [-0.05, 0) is 42.8 Å². The second kappa shape index (κ2) is 5.61. The molecule has 4 heteroatoms. The molecule has 0 saturated heterocycles. The molecule has 2 rings (SSSR count). The molecule has 0 bridgehead atoms. The summed E-state index contributed by atoms with van der Waals surface area (Å²) in [5.41, 5.74) is 0.838. The van der Waals surface area contributed by atoms with E-state index in [1.165, 1.54) is 0 Å². The number of rotatable bonds is 3. The second-order valence-electron chi connectivity index (χ2n) is 3.92. The van der Waals surface area contributed by atoms with E-state index in [4.69, 9.17) is 27.9 Å². The highest BCUT2D eigenvalue weighted by Crippen LogP contribution is 2.31. The molecule has 2 aromatic carbocycles. The lowest BCUT2D eigenvalue weighted by Gasteiger charge is -2.09. The third kappa shape index (κ3) is 3.16. The van der Waals surface area contributed by atoms with Crippen molar-refractivity contribution in [3.63, 3.8) is 0 Å². The molecule has 0 heterocycles. The molecule has 0 aliphatic rings. The quantitative estimate of drug-likeness (QED) is 0.873. The Labute approximate surface area is 116 Å². The second-order valence-corrected chi connectivity index (χ2v) is 4.77. The first-order valence-corrected chi connectivity index (χ1v) is 6.23. The Morgan fingerprint density at radius 2 is 1.72 bits per heavy atom. The lowest BCUT2D eigenvalue weighted by Crippen LogP contribution is -1.91. The molecule has 0 amide bonds. The maximum Gasteiger partial charge on any atom is 0.146 e. The van der Waals surface area contributed by atoms with E-state index >= 15 is 0 Å². The summed E-state index contributed by atoms with van der Waals surface area (Å²) in [6.07, 6.45) is -0.488. The summed E-state index contributed by atoms with van der Waals surface area (Å²) >= 11 is 11.8. The molecule has 94 valence electrons. The highest BCUT2D eigenvalue weighted by Gasteiger charge is 2.05. The molecule has 0 aromatic heterocycles. The lowest BCUT2D eigenvalue weighted by molar-refractivity contribution is 0.199. The summed E-state index contributed by atoms with van der Waals surface area (Å²) in [6.45, 7) is 1.71. The van der Waals surface area contributed by atoms with Crippen molar-refractivity contribution >= 4 is 23.2 Å². The van der Waals surface area contributed by atoms with Gasteiger partial charge in [-0.25, -0.2) is 0 Å². The van der Waals surface area contributed by atoms with E-state index in [1.807, 2.05) is 12.1 Å². The third-order valence-electron chi connectivity index (χ3n) is 2.48. The molecule has 2 aromatic rings. The van der Waals surface area contributed by atoms with Crippen molar-refractivity contribution in [2.75, 3.05) is 0 Å². The van der Waals surface area contributed by atoms with Gasteiger partial charge in [0.05, 0.1) is 11.1 Å². The third-order valence-corrected chi connectivity index (χ3v) is 3.01. The summed E-state index contributed by atoms with van der Waals surface area (Å²) in [7, 11) is 0. The number of hydrogen-bond donors (Lipinski definition) is 1. The first-order chi connectivity index (χ1) is 8.56. The predicted molar refractivity (Wildman–Crippen MR) is 73.6 cm³/mol. The van der Waals surface area contributed by atoms with Crippen LogP contribution in [0.4, 0.5) is 0 Å². The van der Waals surface area contributed by atoms with Gasteiger partial charge in [0, 0.05) is 5.02 Å². The average Bonchev–Trinajstić information content (AvgIpc) is 2.33. The summed E-state index contributed by atoms with van der Waals surface area (Å²) < 4.78 is 5.63. The Balaban J connectivity index is 2.18. The van der Waals surface area contributed by atoms with Crippen molar-refractivity contribution in [3.8, 4) is 11.5 Å². The molecule has 2 nitrogen and oxygen atoms in total. The number of aliphatic hydroxyl groups excluding tert-OH is 1. The fraction of sp³-hybridized carbons (Fsp3) is 0.143. The van der Waals surface area contributed by atoms with Crippen molar-refractivity contribution in [1.82, 2.24) is 0 Å². The lowest BCUT2D eigenvalue weighted by atomic mass is 10.1. The zero-order chi connectivity index (χ0) is 13.1. The van der Waals surface area contributed by atoms with E-state index in [2.05, 4.69) is 0 Å². The maximum atomic E-state index is 9.40. The molecule has 1 N–H and O–H groups in total. The van der Waals surface area contributed by atoms with Gasteiger partial charge < -0.3 is 9.84 Å². The number of hydrogen-bond acceptors (Lipinski definition) is 2. The van der Waals surface area contributed by atoms with Gasteiger partial charge in [-0.1, -0.05) is 35.3 Å². The Kier molecular flexibility index (Phi) is 4.12. The Morgan fingerprint density at radius 3 is 2.28 bits per heavy atom. The van der Waals surface area contributed by atoms with Gasteiger partial charge in [0.2, 0.25) is 0 Å². The zero-order valence-corrected chi connectivity index (χ0v) is 11.2. The number of ether oxygens (including phenoxy) is 1. The molecule has 0 aliphatic carbocycles. The van der Waals surface area contributed by atoms with Crippen LogP contribution in [0.15, 0.2) is 42.5 Å². The Hall–Kier alpha value is -1.22. The Bertz CT molecular complexity index is 536. The fourth-order valence-electron chi connectivity index (χ4n) is 1.50. The highest BCUT2D eigenvalue weighted by atomic mass is 35.5. The molecular formula is C14H12Cl2O2. The van der Waals surface area contributed by atoms with Crippen LogP contribution in [0.3, 0.4) is 0 Å². The first-order valence-electron chi connectivity index (χ1n) is 5.47. The van der Waals surface area contributed by atoms with E-state index in [-0.39, 0.29) is 0 Å². The van der Waals surface area contributed by atoms with E-state index < -0.39 is 6.10 Å². The Morgan fingerprint density at radius 1 is 1.06 bits per heavy atom. The maximum absolute atomic E-state index is 9.40. The van der Waals surface area contributed by atoms with Crippen molar-refractivity contribution in [2.45, 2.75) is 13.0 Å². The normalized spacial score (nSPS) is 12.2. The zero-order valence-electron chi connectivity index (χ0n) is 9.73. The van der Waals surface area contributed by atoms with Crippen LogP contribution in [0.25, 0.3) is 0 Å².